The number of hydrogen-bond acceptors (Lipinski definition) is 5. The van der Waals surface area contributed by atoms with E-state index in [0.717, 1.165) is 0 Å². The quantitative estimate of drug-likeness (QED) is 0.559. The number of benzene rings is 1. The number of hydrogen-bond donors (Lipinski definition) is 3. The molecular formula is C7H10BNO4. The highest BCUT2D eigenvalue weighted by atomic mass is 16.6. The molecule has 0 saturated heterocycles. The van der Waals surface area contributed by atoms with Crippen LogP contribution in [-0.2, 0) is 4.65 Å². The average molecular weight is 183 g/mol. The SMILES string of the molecule is N.O=C(OB(O)O)c1ccccc1. The van der Waals surface area contributed by atoms with Crippen molar-refractivity contribution in [2.75, 3.05) is 0 Å². The van der Waals surface area contributed by atoms with Gasteiger partial charge in [-0.1, -0.05) is 18.2 Å². The molecule has 1 aromatic carbocycles. The molecule has 1 aromatic rings. The maximum absolute atomic E-state index is 10.9. The molecule has 0 amide bonds. The molecule has 5 nitrogen and oxygen atoms in total. The summed E-state index contributed by atoms with van der Waals surface area (Å²) < 4.78 is 4.11. The fourth-order valence-corrected chi connectivity index (χ4v) is 0.738. The average Bonchev–Trinajstić information content (AvgIpc) is 2.05. The molecule has 6 heteroatoms. The molecule has 0 unspecified atom stereocenters. The topological polar surface area (TPSA) is 102 Å². The molecule has 0 aliphatic carbocycles. The molecule has 13 heavy (non-hydrogen) atoms. The van der Waals surface area contributed by atoms with Crippen LogP contribution < -0.4 is 6.15 Å². The van der Waals surface area contributed by atoms with Crippen molar-refractivity contribution in [1.82, 2.24) is 6.15 Å². The van der Waals surface area contributed by atoms with Crippen LogP contribution in [0.4, 0.5) is 0 Å². The van der Waals surface area contributed by atoms with Gasteiger partial charge >= 0.3 is 13.3 Å². The Balaban J connectivity index is 0.00000144. The fraction of sp³-hybridized carbons (Fsp3) is 0. The Hall–Kier alpha value is -1.37. The van der Waals surface area contributed by atoms with E-state index in [1.54, 1.807) is 18.2 Å². The number of rotatable bonds is 2. The van der Waals surface area contributed by atoms with Crippen LogP contribution in [0.2, 0.25) is 0 Å². The Bertz CT molecular complexity index is 264. The Labute approximate surface area is 75.7 Å². The summed E-state index contributed by atoms with van der Waals surface area (Å²) in [5.74, 6) is -0.759. The molecule has 1 rings (SSSR count). The highest BCUT2D eigenvalue weighted by molar-refractivity contribution is 6.36. The van der Waals surface area contributed by atoms with Gasteiger partial charge < -0.3 is 20.9 Å². The summed E-state index contributed by atoms with van der Waals surface area (Å²) in [5.41, 5.74) is 0.283. The van der Waals surface area contributed by atoms with E-state index in [9.17, 15) is 4.79 Å². The largest absolute Gasteiger partial charge is 0.709 e. The van der Waals surface area contributed by atoms with Crippen molar-refractivity contribution in [3.8, 4) is 0 Å². The third kappa shape index (κ3) is 3.70. The lowest BCUT2D eigenvalue weighted by atomic mass is 10.2. The maximum atomic E-state index is 10.9. The van der Waals surface area contributed by atoms with Gasteiger partial charge in [0.25, 0.3) is 0 Å². The van der Waals surface area contributed by atoms with E-state index in [0.29, 0.717) is 0 Å². The summed E-state index contributed by atoms with van der Waals surface area (Å²) in [6.07, 6.45) is 0. The van der Waals surface area contributed by atoms with Crippen LogP contribution in [0.1, 0.15) is 10.4 Å². The lowest BCUT2D eigenvalue weighted by molar-refractivity contribution is 0.0648. The summed E-state index contributed by atoms with van der Waals surface area (Å²) in [5, 5.41) is 16.6. The van der Waals surface area contributed by atoms with Crippen molar-refractivity contribution in [2.24, 2.45) is 0 Å². The third-order valence-corrected chi connectivity index (χ3v) is 1.22. The molecule has 0 saturated carbocycles. The molecule has 0 bridgehead atoms. The third-order valence-electron chi connectivity index (χ3n) is 1.22. The smallest absolute Gasteiger partial charge is 0.481 e. The molecule has 0 radical (unpaired) electrons. The molecule has 0 aliphatic rings. The van der Waals surface area contributed by atoms with Gasteiger partial charge in [-0.25, -0.2) is 4.79 Å². The second-order valence-corrected chi connectivity index (χ2v) is 2.10. The Morgan fingerprint density at radius 1 is 1.23 bits per heavy atom. The van der Waals surface area contributed by atoms with Crippen LogP contribution in [0.5, 0.6) is 0 Å². The first-order valence-electron chi connectivity index (χ1n) is 3.32. The van der Waals surface area contributed by atoms with Crippen molar-refractivity contribution < 1.29 is 19.5 Å². The summed E-state index contributed by atoms with van der Waals surface area (Å²) in [6, 6.07) is 8.09. The van der Waals surface area contributed by atoms with Crippen molar-refractivity contribution in [3.05, 3.63) is 35.9 Å². The summed E-state index contributed by atoms with van der Waals surface area (Å²) in [7, 11) is -2.06. The monoisotopic (exact) mass is 183 g/mol. The lowest BCUT2D eigenvalue weighted by Gasteiger charge is -2.01. The summed E-state index contributed by atoms with van der Waals surface area (Å²) >= 11 is 0. The molecule has 5 N–H and O–H groups in total. The van der Waals surface area contributed by atoms with E-state index in [-0.39, 0.29) is 11.7 Å². The van der Waals surface area contributed by atoms with Crippen molar-refractivity contribution in [2.45, 2.75) is 0 Å². The van der Waals surface area contributed by atoms with Gasteiger partial charge in [-0.15, -0.1) is 0 Å². The number of carbonyl (C=O) groups excluding carboxylic acids is 1. The normalized spacial score (nSPS) is 8.46. The highest BCUT2D eigenvalue weighted by Crippen LogP contribution is 2.00. The second-order valence-electron chi connectivity index (χ2n) is 2.10. The molecule has 70 valence electrons. The van der Waals surface area contributed by atoms with Crippen LogP contribution in [-0.4, -0.2) is 23.3 Å². The molecule has 0 spiro atoms. The maximum Gasteiger partial charge on any atom is 0.709 e. The Morgan fingerprint density at radius 3 is 2.23 bits per heavy atom. The van der Waals surface area contributed by atoms with Crippen LogP contribution in [0.25, 0.3) is 0 Å². The number of carbonyl (C=O) groups is 1. The van der Waals surface area contributed by atoms with Gasteiger partial charge in [-0.3, -0.25) is 0 Å². The summed E-state index contributed by atoms with van der Waals surface area (Å²) in [6.45, 7) is 0. The molecule has 0 aromatic heterocycles. The van der Waals surface area contributed by atoms with Crippen molar-refractivity contribution in [3.63, 3.8) is 0 Å². The van der Waals surface area contributed by atoms with E-state index in [4.69, 9.17) is 10.0 Å². The zero-order valence-electron chi connectivity index (χ0n) is 6.88. The zero-order chi connectivity index (χ0) is 8.97. The van der Waals surface area contributed by atoms with Crippen LogP contribution >= 0.6 is 0 Å². The molecule has 0 aliphatic heterocycles. The lowest BCUT2D eigenvalue weighted by Crippen LogP contribution is -2.21. The standard InChI is InChI=1S/C7H7BO4.H3N/c9-7(12-8(10)11)6-4-2-1-3-5-6;/h1-5,10-11H;1H3. The molecule has 0 atom stereocenters. The van der Waals surface area contributed by atoms with Crippen molar-refractivity contribution in [1.29, 1.82) is 0 Å². The highest BCUT2D eigenvalue weighted by Gasteiger charge is 2.16. The minimum absolute atomic E-state index is 0. The molecular weight excluding hydrogens is 173 g/mol. The van der Waals surface area contributed by atoms with Gasteiger partial charge in [-0.05, 0) is 12.1 Å². The van der Waals surface area contributed by atoms with E-state index >= 15 is 0 Å². The minimum atomic E-state index is -2.06. The van der Waals surface area contributed by atoms with Gasteiger partial charge in [0.2, 0.25) is 0 Å². The Kier molecular flexibility index (Phi) is 4.75. The van der Waals surface area contributed by atoms with Crippen molar-refractivity contribution >= 4 is 13.3 Å². The summed E-state index contributed by atoms with van der Waals surface area (Å²) in [4.78, 5) is 10.9. The van der Waals surface area contributed by atoms with Gasteiger partial charge in [0.15, 0.2) is 0 Å². The van der Waals surface area contributed by atoms with E-state index in [2.05, 4.69) is 4.65 Å². The fourth-order valence-electron chi connectivity index (χ4n) is 0.738. The van der Waals surface area contributed by atoms with Crippen LogP contribution in [0.3, 0.4) is 0 Å². The first-order chi connectivity index (χ1) is 5.70. The molecule has 0 heterocycles. The zero-order valence-corrected chi connectivity index (χ0v) is 6.88. The van der Waals surface area contributed by atoms with E-state index in [1.807, 2.05) is 0 Å². The Morgan fingerprint density at radius 2 is 1.77 bits per heavy atom. The van der Waals surface area contributed by atoms with E-state index < -0.39 is 13.3 Å². The van der Waals surface area contributed by atoms with Gasteiger partial charge in [-0.2, -0.15) is 0 Å². The van der Waals surface area contributed by atoms with Crippen LogP contribution in [0, 0.1) is 0 Å². The predicted octanol–water partition coefficient (Wildman–Crippen LogP) is -0.0251. The first kappa shape index (κ1) is 11.6. The van der Waals surface area contributed by atoms with Crippen LogP contribution in [0.15, 0.2) is 30.3 Å². The van der Waals surface area contributed by atoms with E-state index in [1.165, 1.54) is 12.1 Å². The second kappa shape index (κ2) is 5.31. The van der Waals surface area contributed by atoms with Gasteiger partial charge in [0.05, 0.1) is 5.56 Å². The molecule has 0 fully saturated rings. The predicted molar refractivity (Wildman–Crippen MR) is 47.1 cm³/mol. The first-order valence-corrected chi connectivity index (χ1v) is 3.32. The van der Waals surface area contributed by atoms with Gasteiger partial charge in [0, 0.05) is 0 Å². The van der Waals surface area contributed by atoms with Gasteiger partial charge in [0.1, 0.15) is 0 Å². The minimum Gasteiger partial charge on any atom is -0.481 e.